The van der Waals surface area contributed by atoms with Crippen molar-refractivity contribution < 1.29 is 4.74 Å². The second-order valence-corrected chi connectivity index (χ2v) is 6.60. The minimum Gasteiger partial charge on any atom is -0.437 e. The zero-order chi connectivity index (χ0) is 17.9. The lowest BCUT2D eigenvalue weighted by Gasteiger charge is -2.12. The first-order valence-electron chi connectivity index (χ1n) is 7.99. The van der Waals surface area contributed by atoms with Crippen LogP contribution < -0.4 is 15.8 Å². The molecule has 0 aliphatic heterocycles. The molecule has 1 heterocycles. The number of nitrogens with two attached hydrogens (primary N) is 1. The van der Waals surface area contributed by atoms with Crippen molar-refractivity contribution in [2.45, 2.75) is 0 Å². The molecule has 26 heavy (non-hydrogen) atoms. The monoisotopic (exact) mass is 406 g/mol. The maximum atomic E-state index is 6.20. The maximum absolute atomic E-state index is 6.20. The zero-order valence-electron chi connectivity index (χ0n) is 13.7. The molecule has 0 fully saturated rings. The Morgan fingerprint density at radius 1 is 0.885 bits per heavy atom. The summed E-state index contributed by atoms with van der Waals surface area (Å²) in [4.78, 5) is 8.37. The fraction of sp³-hybridized carbons (Fsp3) is 0. The Morgan fingerprint density at radius 2 is 1.65 bits per heavy atom. The molecule has 128 valence electrons. The van der Waals surface area contributed by atoms with Gasteiger partial charge in [0, 0.05) is 10.2 Å². The summed E-state index contributed by atoms with van der Waals surface area (Å²) in [6.07, 6.45) is 1.42. The van der Waals surface area contributed by atoms with Crippen LogP contribution in [0.5, 0.6) is 11.6 Å². The Labute approximate surface area is 159 Å². The third-order valence-electron chi connectivity index (χ3n) is 3.89. The van der Waals surface area contributed by atoms with Crippen LogP contribution in [-0.2, 0) is 0 Å². The van der Waals surface area contributed by atoms with Gasteiger partial charge in [0.25, 0.3) is 0 Å². The number of benzene rings is 3. The highest BCUT2D eigenvalue weighted by atomic mass is 79.9. The molecule has 0 saturated heterocycles. The number of anilines is 3. The van der Waals surface area contributed by atoms with Gasteiger partial charge < -0.3 is 15.8 Å². The summed E-state index contributed by atoms with van der Waals surface area (Å²) in [6, 6.07) is 21.7. The largest absolute Gasteiger partial charge is 0.437 e. The standard InChI is InChI=1S/C20H15BrN4O/c21-15-6-8-16(9-7-15)25-19-18(22)20(24-12-23-19)26-17-10-5-13-3-1-2-4-14(13)11-17/h1-12H,22H2,(H,23,24,25). The normalized spacial score (nSPS) is 10.7. The molecule has 5 nitrogen and oxygen atoms in total. The van der Waals surface area contributed by atoms with Crippen LogP contribution in [-0.4, -0.2) is 9.97 Å². The van der Waals surface area contributed by atoms with E-state index in [0.29, 0.717) is 23.1 Å². The maximum Gasteiger partial charge on any atom is 0.248 e. The Bertz CT molecular complexity index is 1070. The number of ether oxygens (including phenoxy) is 1. The summed E-state index contributed by atoms with van der Waals surface area (Å²) in [6.45, 7) is 0. The van der Waals surface area contributed by atoms with E-state index in [2.05, 4.69) is 37.3 Å². The SMILES string of the molecule is Nc1c(Nc2ccc(Br)cc2)ncnc1Oc1ccc2ccccc2c1. The molecule has 0 aliphatic carbocycles. The molecule has 0 atom stereocenters. The Morgan fingerprint density at radius 3 is 2.46 bits per heavy atom. The summed E-state index contributed by atoms with van der Waals surface area (Å²) in [7, 11) is 0. The highest BCUT2D eigenvalue weighted by Crippen LogP contribution is 2.32. The first kappa shape index (κ1) is 16.4. The molecule has 0 saturated carbocycles. The average molecular weight is 407 g/mol. The summed E-state index contributed by atoms with van der Waals surface area (Å²) in [5, 5.41) is 5.41. The molecule has 0 amide bonds. The van der Waals surface area contributed by atoms with Gasteiger partial charge in [-0.2, -0.15) is 4.98 Å². The fourth-order valence-corrected chi connectivity index (χ4v) is 2.84. The topological polar surface area (TPSA) is 73.1 Å². The van der Waals surface area contributed by atoms with Crippen LogP contribution in [0.25, 0.3) is 10.8 Å². The predicted molar refractivity (Wildman–Crippen MR) is 108 cm³/mol. The molecule has 4 aromatic rings. The average Bonchev–Trinajstić information content (AvgIpc) is 2.67. The number of nitrogens with zero attached hydrogens (tertiary/aromatic N) is 2. The summed E-state index contributed by atoms with van der Waals surface area (Å²) in [5.41, 5.74) is 7.42. The van der Waals surface area contributed by atoms with Crippen molar-refractivity contribution in [3.8, 4) is 11.6 Å². The van der Waals surface area contributed by atoms with Gasteiger partial charge in [0.05, 0.1) is 0 Å². The lowest BCUT2D eigenvalue weighted by Crippen LogP contribution is -2.03. The molecule has 3 N–H and O–H groups in total. The molecule has 6 heteroatoms. The van der Waals surface area contributed by atoms with E-state index in [1.165, 1.54) is 6.33 Å². The van der Waals surface area contributed by atoms with E-state index in [1.807, 2.05) is 60.7 Å². The molecular formula is C20H15BrN4O. The van der Waals surface area contributed by atoms with Crippen LogP contribution in [0.3, 0.4) is 0 Å². The van der Waals surface area contributed by atoms with E-state index in [0.717, 1.165) is 20.9 Å². The van der Waals surface area contributed by atoms with Gasteiger partial charge >= 0.3 is 0 Å². The van der Waals surface area contributed by atoms with Gasteiger partial charge in [-0.15, -0.1) is 0 Å². The van der Waals surface area contributed by atoms with Gasteiger partial charge in [-0.25, -0.2) is 4.98 Å². The van der Waals surface area contributed by atoms with Crippen LogP contribution in [0.2, 0.25) is 0 Å². The van der Waals surface area contributed by atoms with E-state index in [4.69, 9.17) is 10.5 Å². The van der Waals surface area contributed by atoms with Crippen LogP contribution in [0.15, 0.2) is 77.5 Å². The number of hydrogen-bond donors (Lipinski definition) is 2. The van der Waals surface area contributed by atoms with E-state index in [9.17, 15) is 0 Å². The van der Waals surface area contributed by atoms with E-state index in [-0.39, 0.29) is 0 Å². The first-order chi connectivity index (χ1) is 12.7. The van der Waals surface area contributed by atoms with Crippen molar-refractivity contribution >= 4 is 43.9 Å². The number of fused-ring (bicyclic) bond motifs is 1. The predicted octanol–water partition coefficient (Wildman–Crippen LogP) is 5.51. The molecule has 0 aliphatic rings. The van der Waals surface area contributed by atoms with E-state index >= 15 is 0 Å². The minimum absolute atomic E-state index is 0.315. The van der Waals surface area contributed by atoms with Gasteiger partial charge in [0.15, 0.2) is 5.82 Å². The molecule has 0 spiro atoms. The highest BCUT2D eigenvalue weighted by molar-refractivity contribution is 9.10. The second kappa shape index (κ2) is 7.01. The number of aromatic nitrogens is 2. The van der Waals surface area contributed by atoms with Gasteiger partial charge in [0.1, 0.15) is 17.8 Å². The summed E-state index contributed by atoms with van der Waals surface area (Å²) < 4.78 is 6.89. The second-order valence-electron chi connectivity index (χ2n) is 5.68. The lowest BCUT2D eigenvalue weighted by atomic mass is 10.1. The van der Waals surface area contributed by atoms with Crippen molar-refractivity contribution in [3.05, 3.63) is 77.5 Å². The van der Waals surface area contributed by atoms with Crippen molar-refractivity contribution in [1.29, 1.82) is 0 Å². The van der Waals surface area contributed by atoms with Gasteiger partial charge in [-0.1, -0.05) is 46.3 Å². The lowest BCUT2D eigenvalue weighted by molar-refractivity contribution is 0.465. The van der Waals surface area contributed by atoms with Crippen LogP contribution in [0.1, 0.15) is 0 Å². The Balaban J connectivity index is 1.61. The van der Waals surface area contributed by atoms with Crippen molar-refractivity contribution in [2.24, 2.45) is 0 Å². The van der Waals surface area contributed by atoms with E-state index in [1.54, 1.807) is 0 Å². The van der Waals surface area contributed by atoms with Crippen LogP contribution in [0, 0.1) is 0 Å². The zero-order valence-corrected chi connectivity index (χ0v) is 15.3. The first-order valence-corrected chi connectivity index (χ1v) is 8.78. The highest BCUT2D eigenvalue weighted by Gasteiger charge is 2.11. The number of halogens is 1. The molecule has 0 bridgehead atoms. The summed E-state index contributed by atoms with van der Waals surface area (Å²) >= 11 is 3.41. The number of rotatable bonds is 4. The molecule has 3 aromatic carbocycles. The number of nitrogens with one attached hydrogen (secondary N) is 1. The van der Waals surface area contributed by atoms with Gasteiger partial charge in [0.2, 0.25) is 5.88 Å². The Hall–Kier alpha value is -3.12. The van der Waals surface area contributed by atoms with Crippen molar-refractivity contribution in [2.75, 3.05) is 11.1 Å². The van der Waals surface area contributed by atoms with Crippen molar-refractivity contribution in [3.63, 3.8) is 0 Å². The van der Waals surface area contributed by atoms with Crippen molar-refractivity contribution in [1.82, 2.24) is 9.97 Å². The summed E-state index contributed by atoms with van der Waals surface area (Å²) in [5.74, 6) is 1.48. The van der Waals surface area contributed by atoms with Gasteiger partial charge in [-0.3, -0.25) is 0 Å². The molecule has 1 aromatic heterocycles. The number of hydrogen-bond acceptors (Lipinski definition) is 5. The van der Waals surface area contributed by atoms with Crippen LogP contribution in [0.4, 0.5) is 17.2 Å². The fourth-order valence-electron chi connectivity index (χ4n) is 2.57. The van der Waals surface area contributed by atoms with Crippen LogP contribution >= 0.6 is 15.9 Å². The smallest absolute Gasteiger partial charge is 0.248 e. The molecule has 0 radical (unpaired) electrons. The van der Waals surface area contributed by atoms with E-state index < -0.39 is 0 Å². The molecule has 4 rings (SSSR count). The van der Waals surface area contributed by atoms with Gasteiger partial charge in [-0.05, 0) is 47.2 Å². The number of nitrogen functional groups attached to an aromatic ring is 1. The molecule has 0 unspecified atom stereocenters. The minimum atomic E-state index is 0.315. The Kier molecular flexibility index (Phi) is 4.41. The third-order valence-corrected chi connectivity index (χ3v) is 4.42. The third kappa shape index (κ3) is 3.45. The molecular weight excluding hydrogens is 392 g/mol. The quantitative estimate of drug-likeness (QED) is 0.467.